The van der Waals surface area contributed by atoms with Gasteiger partial charge in [0.1, 0.15) is 0 Å². The molecule has 1 aliphatic heterocycles. The van der Waals surface area contributed by atoms with Crippen LogP contribution < -0.4 is 9.80 Å². The Balaban J connectivity index is 1.61. The van der Waals surface area contributed by atoms with E-state index >= 15 is 0 Å². The summed E-state index contributed by atoms with van der Waals surface area (Å²) in [5, 5.41) is 0. The lowest BCUT2D eigenvalue weighted by Gasteiger charge is -2.42. The largest absolute Gasteiger partial charge is 0.337 e. The summed E-state index contributed by atoms with van der Waals surface area (Å²) in [6, 6.07) is 1.77. The van der Waals surface area contributed by atoms with Crippen LogP contribution in [-0.2, 0) is 4.79 Å². The van der Waals surface area contributed by atoms with Gasteiger partial charge < -0.3 is 14.7 Å². The zero-order valence-corrected chi connectivity index (χ0v) is 16.7. The van der Waals surface area contributed by atoms with Crippen LogP contribution in [0.2, 0.25) is 0 Å². The standard InChI is InChI=1S/C21H39N3O/c1-22-15-13-18(14-16-22)23(2)17-21(25)24(19-9-5-3-6-10-19)20-11-7-4-8-12-20/h18-20H,3-17H2,1-2H3/p+2. The molecule has 1 amide bonds. The zero-order chi connectivity index (χ0) is 17.6. The van der Waals surface area contributed by atoms with E-state index in [9.17, 15) is 4.79 Å². The highest BCUT2D eigenvalue weighted by atomic mass is 16.2. The Morgan fingerprint density at radius 2 is 1.36 bits per heavy atom. The van der Waals surface area contributed by atoms with Crippen molar-refractivity contribution in [3.63, 3.8) is 0 Å². The third kappa shape index (κ3) is 5.19. The van der Waals surface area contributed by atoms with Gasteiger partial charge in [-0.25, -0.2) is 0 Å². The summed E-state index contributed by atoms with van der Waals surface area (Å²) < 4.78 is 0. The molecule has 4 nitrogen and oxygen atoms in total. The van der Waals surface area contributed by atoms with Crippen molar-refractivity contribution in [2.75, 3.05) is 33.7 Å². The van der Waals surface area contributed by atoms with Crippen LogP contribution in [0.25, 0.3) is 0 Å². The van der Waals surface area contributed by atoms with Crippen molar-refractivity contribution in [3.8, 4) is 0 Å². The van der Waals surface area contributed by atoms with E-state index in [4.69, 9.17) is 0 Å². The van der Waals surface area contributed by atoms with Crippen LogP contribution in [0.1, 0.15) is 77.0 Å². The van der Waals surface area contributed by atoms with Gasteiger partial charge in [-0.3, -0.25) is 4.79 Å². The van der Waals surface area contributed by atoms with E-state index in [1.54, 1.807) is 4.90 Å². The topological polar surface area (TPSA) is 29.2 Å². The lowest BCUT2D eigenvalue weighted by atomic mass is 9.88. The Hall–Kier alpha value is -0.610. The molecule has 0 aromatic rings. The van der Waals surface area contributed by atoms with Gasteiger partial charge in [0.25, 0.3) is 5.91 Å². The Morgan fingerprint density at radius 3 is 1.84 bits per heavy atom. The van der Waals surface area contributed by atoms with Crippen molar-refractivity contribution in [2.24, 2.45) is 0 Å². The summed E-state index contributed by atoms with van der Waals surface area (Å²) in [6.07, 6.45) is 15.6. The number of piperidine rings is 1. The van der Waals surface area contributed by atoms with Crippen LogP contribution in [0.4, 0.5) is 0 Å². The van der Waals surface area contributed by atoms with Gasteiger partial charge in [-0.1, -0.05) is 38.5 Å². The lowest BCUT2D eigenvalue weighted by molar-refractivity contribution is -0.935. The van der Waals surface area contributed by atoms with E-state index in [1.807, 2.05) is 0 Å². The van der Waals surface area contributed by atoms with E-state index in [-0.39, 0.29) is 0 Å². The number of carbonyl (C=O) groups excluding carboxylic acids is 1. The number of quaternary nitrogens is 2. The highest BCUT2D eigenvalue weighted by Gasteiger charge is 2.35. The van der Waals surface area contributed by atoms with Gasteiger partial charge in [-0.2, -0.15) is 0 Å². The van der Waals surface area contributed by atoms with Gasteiger partial charge in [0, 0.05) is 24.9 Å². The molecule has 1 heterocycles. The molecule has 0 aromatic carbocycles. The molecule has 2 aliphatic carbocycles. The van der Waals surface area contributed by atoms with E-state index in [2.05, 4.69) is 19.0 Å². The van der Waals surface area contributed by atoms with Crippen LogP contribution >= 0.6 is 0 Å². The normalized spacial score (nSPS) is 30.8. The second-order valence-electron chi connectivity index (χ2n) is 9.14. The Labute approximate surface area is 154 Å². The number of likely N-dealkylation sites (tertiary alicyclic amines) is 1. The molecular formula is C21H41N3O+2. The number of amides is 1. The minimum absolute atomic E-state index is 0.461. The van der Waals surface area contributed by atoms with Crippen molar-refractivity contribution in [2.45, 2.75) is 95.2 Å². The van der Waals surface area contributed by atoms with E-state index < -0.39 is 0 Å². The van der Waals surface area contributed by atoms with Crippen molar-refractivity contribution < 1.29 is 14.6 Å². The molecule has 25 heavy (non-hydrogen) atoms. The molecule has 2 N–H and O–H groups in total. The molecule has 0 bridgehead atoms. The molecule has 3 aliphatic rings. The maximum atomic E-state index is 13.4. The molecule has 144 valence electrons. The van der Waals surface area contributed by atoms with Crippen molar-refractivity contribution >= 4 is 5.91 Å². The first-order valence-corrected chi connectivity index (χ1v) is 11.1. The van der Waals surface area contributed by atoms with Crippen LogP contribution in [0.3, 0.4) is 0 Å². The molecule has 4 heteroatoms. The Bertz CT molecular complexity index is 389. The molecule has 1 unspecified atom stereocenters. The molecule has 1 atom stereocenters. The smallest absolute Gasteiger partial charge is 0.278 e. The van der Waals surface area contributed by atoms with Crippen LogP contribution in [-0.4, -0.2) is 62.7 Å². The number of carbonyl (C=O) groups is 1. The van der Waals surface area contributed by atoms with E-state index in [0.29, 0.717) is 24.0 Å². The second-order valence-corrected chi connectivity index (χ2v) is 9.14. The quantitative estimate of drug-likeness (QED) is 0.749. The number of rotatable bonds is 5. The monoisotopic (exact) mass is 351 g/mol. The van der Waals surface area contributed by atoms with Crippen LogP contribution in [0.15, 0.2) is 0 Å². The van der Waals surface area contributed by atoms with Gasteiger partial charge in [-0.05, 0) is 25.7 Å². The second kappa shape index (κ2) is 9.36. The average Bonchev–Trinajstić information content (AvgIpc) is 2.64. The van der Waals surface area contributed by atoms with E-state index in [1.165, 1.54) is 95.0 Å². The van der Waals surface area contributed by atoms with Crippen molar-refractivity contribution in [3.05, 3.63) is 0 Å². The number of hydrogen-bond donors (Lipinski definition) is 2. The molecule has 0 spiro atoms. The summed E-state index contributed by atoms with van der Waals surface area (Å²) in [6.45, 7) is 3.26. The van der Waals surface area contributed by atoms with Gasteiger partial charge in [-0.15, -0.1) is 0 Å². The number of hydrogen-bond acceptors (Lipinski definition) is 1. The van der Waals surface area contributed by atoms with Gasteiger partial charge in [0.15, 0.2) is 6.54 Å². The predicted octanol–water partition coefficient (Wildman–Crippen LogP) is 0.672. The third-order valence-corrected chi connectivity index (χ3v) is 7.19. The van der Waals surface area contributed by atoms with Crippen LogP contribution in [0.5, 0.6) is 0 Å². The molecule has 1 saturated heterocycles. The fourth-order valence-electron chi connectivity index (χ4n) is 5.50. The maximum absolute atomic E-state index is 13.4. The van der Waals surface area contributed by atoms with Gasteiger partial charge in [0.2, 0.25) is 0 Å². The minimum atomic E-state index is 0.461. The summed E-state index contributed by atoms with van der Waals surface area (Å²) in [5.74, 6) is 0.461. The predicted molar refractivity (Wildman–Crippen MR) is 102 cm³/mol. The number of nitrogens with zero attached hydrogens (tertiary/aromatic N) is 1. The maximum Gasteiger partial charge on any atom is 0.278 e. The fourth-order valence-corrected chi connectivity index (χ4v) is 5.50. The van der Waals surface area contributed by atoms with Gasteiger partial charge in [0.05, 0.1) is 33.2 Å². The third-order valence-electron chi connectivity index (χ3n) is 7.19. The summed E-state index contributed by atoms with van der Waals surface area (Å²) in [4.78, 5) is 18.9. The summed E-state index contributed by atoms with van der Waals surface area (Å²) in [5.41, 5.74) is 0. The number of likely N-dealkylation sites (N-methyl/N-ethyl adjacent to an activating group) is 1. The molecule has 0 aromatic heterocycles. The zero-order valence-electron chi connectivity index (χ0n) is 16.7. The fraction of sp³-hybridized carbons (Fsp3) is 0.952. The first-order chi connectivity index (χ1) is 12.1. The highest BCUT2D eigenvalue weighted by Crippen LogP contribution is 2.30. The van der Waals surface area contributed by atoms with Crippen molar-refractivity contribution in [1.29, 1.82) is 0 Å². The molecule has 0 radical (unpaired) electrons. The first-order valence-electron chi connectivity index (χ1n) is 11.1. The molecule has 3 fully saturated rings. The molecule has 2 saturated carbocycles. The Morgan fingerprint density at radius 1 is 0.880 bits per heavy atom. The van der Waals surface area contributed by atoms with Gasteiger partial charge >= 0.3 is 0 Å². The highest BCUT2D eigenvalue weighted by molar-refractivity contribution is 5.78. The molecular weight excluding hydrogens is 310 g/mol. The summed E-state index contributed by atoms with van der Waals surface area (Å²) >= 11 is 0. The van der Waals surface area contributed by atoms with Crippen LogP contribution in [0, 0.1) is 0 Å². The average molecular weight is 352 g/mol. The minimum Gasteiger partial charge on any atom is -0.337 e. The lowest BCUT2D eigenvalue weighted by Crippen LogP contribution is -3.18. The number of nitrogens with one attached hydrogen (secondary N) is 2. The first kappa shape index (κ1) is 19.2. The summed E-state index contributed by atoms with van der Waals surface area (Å²) in [7, 11) is 4.56. The SMILES string of the molecule is C[NH+]1CCC([NH+](C)CC(=O)N(C2CCCCC2)C2CCCCC2)CC1. The van der Waals surface area contributed by atoms with Crippen molar-refractivity contribution in [1.82, 2.24) is 4.90 Å². The van der Waals surface area contributed by atoms with E-state index in [0.717, 1.165) is 6.54 Å². The Kier molecular flexibility index (Phi) is 7.18. The molecule has 3 rings (SSSR count).